The van der Waals surface area contributed by atoms with Gasteiger partial charge < -0.3 is 10.2 Å². The summed E-state index contributed by atoms with van der Waals surface area (Å²) in [4.78, 5) is 2.09. The van der Waals surface area contributed by atoms with Crippen LogP contribution in [0.2, 0.25) is 0 Å². The van der Waals surface area contributed by atoms with Crippen LogP contribution >= 0.6 is 24.8 Å². The molecule has 2 nitrogen and oxygen atoms in total. The smallest absolute Gasteiger partial charge is 0.133 e. The summed E-state index contributed by atoms with van der Waals surface area (Å²) >= 11 is 8.95. The molecule has 1 saturated heterocycles. The van der Waals surface area contributed by atoms with Gasteiger partial charge in [-0.25, -0.2) is 0 Å². The summed E-state index contributed by atoms with van der Waals surface area (Å²) < 4.78 is 0.719. The van der Waals surface area contributed by atoms with Gasteiger partial charge in [0, 0.05) is 46.3 Å². The molecular weight excluding hydrogens is 251 g/mol. The molecule has 5 heteroatoms. The van der Waals surface area contributed by atoms with Gasteiger partial charge in [0.05, 0.1) is 0 Å². The summed E-state index contributed by atoms with van der Waals surface area (Å²) in [5, 5.41) is 3.23. The minimum absolute atomic E-state index is 0. The first kappa shape index (κ1) is 10.8. The summed E-state index contributed by atoms with van der Waals surface area (Å²) in [6.45, 7) is 4.06. The molecule has 1 aliphatic rings. The molecule has 0 aromatic heterocycles. The van der Waals surface area contributed by atoms with E-state index < -0.39 is 0 Å². The molecule has 1 fully saturated rings. The van der Waals surface area contributed by atoms with Crippen LogP contribution in [0.4, 0.5) is 0 Å². The summed E-state index contributed by atoms with van der Waals surface area (Å²) in [5.41, 5.74) is 0. The first-order valence-electron chi connectivity index (χ1n) is 2.99. The van der Waals surface area contributed by atoms with Gasteiger partial charge >= 0.3 is 0 Å². The van der Waals surface area contributed by atoms with Crippen LogP contribution in [-0.2, 0) is 20.1 Å². The Bertz CT molecular complexity index is 114. The molecular formula is C5H10N2S2Tc. The standard InChI is InChI=1S/C5H10N2S2.Tc/c8-5(9)7-3-1-6-2-4-7;/h6H,1-4H2,(H,8,9);/i;1+1. The Labute approximate surface area is 85.5 Å². The second-order valence-electron chi connectivity index (χ2n) is 2.02. The fourth-order valence-electron chi connectivity index (χ4n) is 0.856. The van der Waals surface area contributed by atoms with Crippen molar-refractivity contribution >= 4 is 29.2 Å². The average molecular weight is 261 g/mol. The minimum atomic E-state index is 0. The molecule has 10 heavy (non-hydrogen) atoms. The molecule has 0 amide bonds. The molecule has 1 radical (unpaired) electrons. The Hall–Kier alpha value is 0.849. The second kappa shape index (κ2) is 5.49. The number of nitrogens with zero attached hydrogens (tertiary/aromatic N) is 1. The van der Waals surface area contributed by atoms with E-state index in [2.05, 4.69) is 22.8 Å². The van der Waals surface area contributed by atoms with Crippen molar-refractivity contribution in [3.8, 4) is 0 Å². The topological polar surface area (TPSA) is 15.3 Å². The summed E-state index contributed by atoms with van der Waals surface area (Å²) in [5.74, 6) is 0. The first-order valence-corrected chi connectivity index (χ1v) is 3.85. The summed E-state index contributed by atoms with van der Waals surface area (Å²) in [7, 11) is 0. The van der Waals surface area contributed by atoms with Gasteiger partial charge in [0.15, 0.2) is 0 Å². The van der Waals surface area contributed by atoms with Crippen molar-refractivity contribution in [2.24, 2.45) is 0 Å². The maximum absolute atomic E-state index is 4.88. The van der Waals surface area contributed by atoms with Gasteiger partial charge in [0.25, 0.3) is 0 Å². The summed E-state index contributed by atoms with van der Waals surface area (Å²) in [6, 6.07) is 0. The molecule has 1 heterocycles. The molecule has 0 unspecified atom stereocenters. The number of thiol groups is 1. The molecule has 1 aliphatic heterocycles. The number of hydrogen-bond donors (Lipinski definition) is 2. The van der Waals surface area contributed by atoms with Gasteiger partial charge in [0.1, 0.15) is 4.32 Å². The second-order valence-corrected chi connectivity index (χ2v) is 3.13. The van der Waals surface area contributed by atoms with Crippen LogP contribution < -0.4 is 5.32 Å². The first-order chi connectivity index (χ1) is 4.30. The number of thiocarbonyl (C=S) groups is 1. The molecule has 1 rings (SSSR count). The van der Waals surface area contributed by atoms with Gasteiger partial charge in [-0.3, -0.25) is 0 Å². The van der Waals surface area contributed by atoms with Crippen molar-refractivity contribution in [1.29, 1.82) is 0 Å². The van der Waals surface area contributed by atoms with Crippen LogP contribution in [0.5, 0.6) is 0 Å². The van der Waals surface area contributed by atoms with E-state index in [4.69, 9.17) is 12.2 Å². The van der Waals surface area contributed by atoms with Crippen molar-refractivity contribution in [2.75, 3.05) is 26.2 Å². The van der Waals surface area contributed by atoms with Crippen LogP contribution in [0.3, 0.4) is 0 Å². The van der Waals surface area contributed by atoms with Crippen molar-refractivity contribution in [2.45, 2.75) is 0 Å². The normalized spacial score (nSPS) is 17.9. The molecule has 0 bridgehead atoms. The zero-order valence-corrected chi connectivity index (χ0v) is 9.08. The van der Waals surface area contributed by atoms with Gasteiger partial charge in [0.2, 0.25) is 0 Å². The van der Waals surface area contributed by atoms with Gasteiger partial charge in [-0.1, -0.05) is 12.2 Å². The Morgan fingerprint density at radius 1 is 1.40 bits per heavy atom. The quantitative estimate of drug-likeness (QED) is 0.475. The van der Waals surface area contributed by atoms with E-state index in [1.807, 2.05) is 0 Å². The third-order valence-electron chi connectivity index (χ3n) is 1.39. The molecule has 0 atom stereocenters. The SMILES string of the molecule is S=C(S)N1CCNCC1.[99Tc]. The predicted molar refractivity (Wildman–Crippen MR) is 46.0 cm³/mol. The maximum atomic E-state index is 4.88. The Morgan fingerprint density at radius 2 is 1.90 bits per heavy atom. The van der Waals surface area contributed by atoms with Crippen molar-refractivity contribution in [3.63, 3.8) is 0 Å². The van der Waals surface area contributed by atoms with Gasteiger partial charge in [-0.2, -0.15) is 0 Å². The number of rotatable bonds is 0. The van der Waals surface area contributed by atoms with Gasteiger partial charge in [-0.15, -0.1) is 12.6 Å². The fourth-order valence-corrected chi connectivity index (χ4v) is 1.24. The van der Waals surface area contributed by atoms with Crippen LogP contribution in [-0.4, -0.2) is 35.4 Å². The average Bonchev–Trinajstić information content (AvgIpc) is 1.90. The van der Waals surface area contributed by atoms with E-state index in [0.29, 0.717) is 0 Å². The molecule has 59 valence electrons. The molecule has 0 saturated carbocycles. The number of hydrogen-bond acceptors (Lipinski definition) is 2. The van der Waals surface area contributed by atoms with Crippen LogP contribution in [0, 0.1) is 0 Å². The zero-order chi connectivity index (χ0) is 6.69. The Kier molecular flexibility index (Phi) is 5.96. The number of nitrogens with one attached hydrogen (secondary N) is 1. The van der Waals surface area contributed by atoms with Crippen LogP contribution in [0.25, 0.3) is 0 Å². The molecule has 0 aromatic rings. The van der Waals surface area contributed by atoms with Gasteiger partial charge in [-0.05, 0) is 0 Å². The van der Waals surface area contributed by atoms with Crippen molar-refractivity contribution in [1.82, 2.24) is 10.2 Å². The van der Waals surface area contributed by atoms with E-state index in [-0.39, 0.29) is 20.1 Å². The predicted octanol–water partition coefficient (Wildman–Crippen LogP) is 0.104. The molecule has 0 aliphatic carbocycles. The van der Waals surface area contributed by atoms with E-state index in [1.54, 1.807) is 0 Å². The summed E-state index contributed by atoms with van der Waals surface area (Å²) in [6.07, 6.45) is 0. The largest absolute Gasteiger partial charge is 0.355 e. The third kappa shape index (κ3) is 3.30. The molecule has 0 aromatic carbocycles. The van der Waals surface area contributed by atoms with E-state index in [9.17, 15) is 0 Å². The minimum Gasteiger partial charge on any atom is -0.355 e. The fraction of sp³-hybridized carbons (Fsp3) is 0.800. The Morgan fingerprint density at radius 3 is 2.20 bits per heavy atom. The monoisotopic (exact) mass is 261 g/mol. The Balaban J connectivity index is 0.000000810. The molecule has 1 N–H and O–H groups in total. The van der Waals surface area contributed by atoms with E-state index in [0.717, 1.165) is 30.5 Å². The van der Waals surface area contributed by atoms with E-state index in [1.165, 1.54) is 0 Å². The maximum Gasteiger partial charge on any atom is 0.133 e. The van der Waals surface area contributed by atoms with Crippen LogP contribution in [0.1, 0.15) is 0 Å². The van der Waals surface area contributed by atoms with Crippen molar-refractivity contribution < 1.29 is 20.1 Å². The van der Waals surface area contributed by atoms with E-state index >= 15 is 0 Å². The molecule has 0 spiro atoms. The third-order valence-corrected chi connectivity index (χ3v) is 1.93. The van der Waals surface area contributed by atoms with Crippen LogP contribution in [0.15, 0.2) is 0 Å². The number of piperazine rings is 1. The zero-order valence-electron chi connectivity index (χ0n) is 5.51. The van der Waals surface area contributed by atoms with Crippen molar-refractivity contribution in [3.05, 3.63) is 0 Å².